The van der Waals surface area contributed by atoms with Gasteiger partial charge in [0, 0.05) is 26.3 Å². The molecule has 3 rings (SSSR count). The van der Waals surface area contributed by atoms with Crippen molar-refractivity contribution in [1.82, 2.24) is 9.62 Å². The van der Waals surface area contributed by atoms with Gasteiger partial charge in [-0.2, -0.15) is 0 Å². The van der Waals surface area contributed by atoms with Crippen molar-refractivity contribution in [2.45, 2.75) is 24.7 Å². The van der Waals surface area contributed by atoms with E-state index in [-0.39, 0.29) is 17.5 Å². The topological polar surface area (TPSA) is 97.0 Å². The zero-order valence-corrected chi connectivity index (χ0v) is 20.3. The molecule has 0 saturated carbocycles. The summed E-state index contributed by atoms with van der Waals surface area (Å²) in [4.78, 5) is 12.5. The van der Waals surface area contributed by atoms with Gasteiger partial charge in [0.2, 0.25) is 10.0 Å². The molecule has 9 heteroatoms. The van der Waals surface area contributed by atoms with Crippen molar-refractivity contribution < 1.29 is 22.7 Å². The Morgan fingerprint density at radius 1 is 0.882 bits per heavy atom. The number of amides is 2. The lowest BCUT2D eigenvalue weighted by Crippen LogP contribution is -2.28. The first-order chi connectivity index (χ1) is 16.3. The van der Waals surface area contributed by atoms with Crippen LogP contribution in [0.25, 0.3) is 0 Å². The SMILES string of the molecule is COc1ccc(COCc2cccc(NC(=O)NCc3ccc(S(=O)(=O)N(C)C)cc3)c2)cc1. The fourth-order valence-electron chi connectivity index (χ4n) is 3.10. The summed E-state index contributed by atoms with van der Waals surface area (Å²) in [5.41, 5.74) is 3.41. The summed E-state index contributed by atoms with van der Waals surface area (Å²) in [5.74, 6) is 0.801. The summed E-state index contributed by atoms with van der Waals surface area (Å²) in [6.45, 7) is 1.14. The number of nitrogens with one attached hydrogen (secondary N) is 2. The second kappa shape index (κ2) is 11.6. The van der Waals surface area contributed by atoms with E-state index in [2.05, 4.69) is 10.6 Å². The summed E-state index contributed by atoms with van der Waals surface area (Å²) in [7, 11) is 1.12. The number of anilines is 1. The van der Waals surface area contributed by atoms with Crippen LogP contribution in [0.1, 0.15) is 16.7 Å². The molecule has 0 unspecified atom stereocenters. The van der Waals surface area contributed by atoms with E-state index in [4.69, 9.17) is 9.47 Å². The number of hydrogen-bond acceptors (Lipinski definition) is 5. The molecule has 34 heavy (non-hydrogen) atoms. The van der Waals surface area contributed by atoms with Gasteiger partial charge in [-0.3, -0.25) is 0 Å². The quantitative estimate of drug-likeness (QED) is 0.455. The van der Waals surface area contributed by atoms with Crippen LogP contribution in [0.2, 0.25) is 0 Å². The van der Waals surface area contributed by atoms with Gasteiger partial charge in [0.15, 0.2) is 0 Å². The van der Waals surface area contributed by atoms with Crippen LogP contribution < -0.4 is 15.4 Å². The molecule has 0 radical (unpaired) electrons. The maximum Gasteiger partial charge on any atom is 0.319 e. The molecule has 3 aromatic rings. The Kier molecular flexibility index (Phi) is 8.64. The average Bonchev–Trinajstić information content (AvgIpc) is 2.83. The van der Waals surface area contributed by atoms with E-state index in [1.54, 1.807) is 25.3 Å². The number of benzene rings is 3. The third-order valence-corrected chi connectivity index (χ3v) is 6.87. The van der Waals surface area contributed by atoms with Crippen LogP contribution in [0.4, 0.5) is 10.5 Å². The number of ether oxygens (including phenoxy) is 2. The number of nitrogens with zero attached hydrogens (tertiary/aromatic N) is 1. The van der Waals surface area contributed by atoms with Gasteiger partial charge >= 0.3 is 6.03 Å². The predicted octanol–water partition coefficient (Wildman–Crippen LogP) is 3.98. The number of methoxy groups -OCH3 is 1. The van der Waals surface area contributed by atoms with Gasteiger partial charge < -0.3 is 20.1 Å². The van der Waals surface area contributed by atoms with Crippen molar-refractivity contribution in [2.24, 2.45) is 0 Å². The molecule has 2 N–H and O–H groups in total. The Labute approximate surface area is 200 Å². The zero-order chi connectivity index (χ0) is 24.6. The molecule has 0 fully saturated rings. The van der Waals surface area contributed by atoms with Crippen molar-refractivity contribution in [3.63, 3.8) is 0 Å². The second-order valence-electron chi connectivity index (χ2n) is 7.78. The molecular weight excluding hydrogens is 454 g/mol. The smallest absolute Gasteiger partial charge is 0.319 e. The van der Waals surface area contributed by atoms with E-state index in [0.717, 1.165) is 26.7 Å². The normalized spacial score (nSPS) is 11.3. The molecule has 0 bridgehead atoms. The van der Waals surface area contributed by atoms with Crippen LogP contribution in [0.3, 0.4) is 0 Å². The second-order valence-corrected chi connectivity index (χ2v) is 9.93. The summed E-state index contributed by atoms with van der Waals surface area (Å²) >= 11 is 0. The lowest BCUT2D eigenvalue weighted by molar-refractivity contribution is 0.107. The van der Waals surface area contributed by atoms with E-state index < -0.39 is 10.0 Å². The van der Waals surface area contributed by atoms with Gasteiger partial charge in [-0.15, -0.1) is 0 Å². The van der Waals surface area contributed by atoms with Crippen LogP contribution in [-0.4, -0.2) is 40.0 Å². The molecule has 0 spiro atoms. The highest BCUT2D eigenvalue weighted by molar-refractivity contribution is 7.89. The highest BCUT2D eigenvalue weighted by Gasteiger charge is 2.16. The molecule has 0 saturated heterocycles. The Morgan fingerprint density at radius 3 is 2.18 bits per heavy atom. The van der Waals surface area contributed by atoms with Gasteiger partial charge in [-0.05, 0) is 53.1 Å². The van der Waals surface area contributed by atoms with Crippen LogP contribution in [0.5, 0.6) is 5.75 Å². The Bertz CT molecular complexity index is 1190. The molecule has 0 aliphatic rings. The van der Waals surface area contributed by atoms with Crippen molar-refractivity contribution in [2.75, 3.05) is 26.5 Å². The van der Waals surface area contributed by atoms with Crippen molar-refractivity contribution >= 4 is 21.7 Å². The Hall–Kier alpha value is -3.40. The lowest BCUT2D eigenvalue weighted by atomic mass is 10.2. The molecule has 3 aromatic carbocycles. The molecule has 0 heterocycles. The van der Waals surface area contributed by atoms with Gasteiger partial charge in [0.1, 0.15) is 5.75 Å². The minimum Gasteiger partial charge on any atom is -0.497 e. The van der Waals surface area contributed by atoms with Gasteiger partial charge in [0.05, 0.1) is 25.2 Å². The fraction of sp³-hybridized carbons (Fsp3) is 0.240. The number of hydrogen-bond donors (Lipinski definition) is 2. The lowest BCUT2D eigenvalue weighted by Gasteiger charge is -2.12. The molecular formula is C25H29N3O5S. The first-order valence-electron chi connectivity index (χ1n) is 10.6. The van der Waals surface area contributed by atoms with Crippen LogP contribution in [0.15, 0.2) is 77.7 Å². The van der Waals surface area contributed by atoms with Crippen LogP contribution in [0, 0.1) is 0 Å². The summed E-state index contributed by atoms with van der Waals surface area (Å²) in [5, 5.41) is 5.57. The zero-order valence-electron chi connectivity index (χ0n) is 19.4. The maximum atomic E-state index is 12.3. The largest absolute Gasteiger partial charge is 0.497 e. The van der Waals surface area contributed by atoms with Crippen molar-refractivity contribution in [3.05, 3.63) is 89.5 Å². The molecule has 8 nitrogen and oxygen atoms in total. The highest BCUT2D eigenvalue weighted by Crippen LogP contribution is 2.16. The summed E-state index contributed by atoms with van der Waals surface area (Å²) < 4.78 is 36.4. The Morgan fingerprint density at radius 2 is 1.53 bits per heavy atom. The van der Waals surface area contributed by atoms with Crippen molar-refractivity contribution in [1.29, 1.82) is 0 Å². The minimum absolute atomic E-state index is 0.205. The molecule has 180 valence electrons. The summed E-state index contributed by atoms with van der Waals surface area (Å²) in [6, 6.07) is 21.2. The highest BCUT2D eigenvalue weighted by atomic mass is 32.2. The van der Waals surface area contributed by atoms with Gasteiger partial charge in [-0.25, -0.2) is 17.5 Å². The van der Waals surface area contributed by atoms with Crippen molar-refractivity contribution in [3.8, 4) is 5.75 Å². The minimum atomic E-state index is -3.48. The molecule has 0 aliphatic heterocycles. The van der Waals surface area contributed by atoms with E-state index in [0.29, 0.717) is 18.9 Å². The number of sulfonamides is 1. The number of carbonyl (C=O) groups excluding carboxylic acids is 1. The molecule has 0 atom stereocenters. The molecule has 0 aromatic heterocycles. The molecule has 2 amide bonds. The number of carbonyl (C=O) groups is 1. The van der Waals surface area contributed by atoms with Crippen LogP contribution in [-0.2, 0) is 34.5 Å². The first kappa shape index (κ1) is 25.2. The average molecular weight is 484 g/mol. The maximum absolute atomic E-state index is 12.3. The van der Waals surface area contributed by atoms with Gasteiger partial charge in [0.25, 0.3) is 0 Å². The Balaban J connectivity index is 1.47. The van der Waals surface area contributed by atoms with Gasteiger partial charge in [-0.1, -0.05) is 36.4 Å². The number of urea groups is 1. The van der Waals surface area contributed by atoms with E-state index in [9.17, 15) is 13.2 Å². The third-order valence-electron chi connectivity index (χ3n) is 5.04. The first-order valence-corrected chi connectivity index (χ1v) is 12.1. The van der Waals surface area contributed by atoms with E-state index in [1.807, 2.05) is 42.5 Å². The monoisotopic (exact) mass is 483 g/mol. The predicted molar refractivity (Wildman–Crippen MR) is 131 cm³/mol. The van der Waals surface area contributed by atoms with Crippen LogP contribution >= 0.6 is 0 Å². The standard InChI is InChI=1S/C25H29N3O5S/c1-28(2)34(30,31)24-13-9-19(10-14-24)16-26-25(29)27-22-6-4-5-21(15-22)18-33-17-20-7-11-23(32-3)12-8-20/h4-15H,16-18H2,1-3H3,(H2,26,27,29). The van der Waals surface area contributed by atoms with E-state index >= 15 is 0 Å². The molecule has 0 aliphatic carbocycles. The third kappa shape index (κ3) is 7.05. The summed E-state index contributed by atoms with van der Waals surface area (Å²) in [6.07, 6.45) is 0. The van der Waals surface area contributed by atoms with E-state index in [1.165, 1.54) is 26.2 Å². The number of rotatable bonds is 10. The fourth-order valence-corrected chi connectivity index (χ4v) is 4.00.